The van der Waals surface area contributed by atoms with Gasteiger partial charge in [-0.05, 0) is 18.2 Å². The Morgan fingerprint density at radius 2 is 2.10 bits per heavy atom. The van der Waals surface area contributed by atoms with E-state index in [0.29, 0.717) is 28.7 Å². The smallest absolute Gasteiger partial charge is 0.175 e. The molecule has 0 radical (unpaired) electrons. The Labute approximate surface area is 176 Å². The van der Waals surface area contributed by atoms with Crippen LogP contribution in [0.25, 0.3) is 5.52 Å². The molecule has 2 aromatic rings. The summed E-state index contributed by atoms with van der Waals surface area (Å²) >= 11 is 0. The Morgan fingerprint density at radius 1 is 1.30 bits per heavy atom. The first-order valence-electron chi connectivity index (χ1n) is 9.91. The van der Waals surface area contributed by atoms with Crippen molar-refractivity contribution in [2.24, 2.45) is 10.7 Å². The predicted molar refractivity (Wildman–Crippen MR) is 119 cm³/mol. The fraction of sp³-hybridized carbons (Fsp3) is 0.381. The average Bonchev–Trinajstić information content (AvgIpc) is 3.03. The summed E-state index contributed by atoms with van der Waals surface area (Å²) in [5.74, 6) is 1.06. The van der Waals surface area contributed by atoms with Gasteiger partial charge in [0, 0.05) is 25.2 Å². The van der Waals surface area contributed by atoms with Gasteiger partial charge in [-0.3, -0.25) is 5.41 Å². The highest BCUT2D eigenvalue weighted by atomic mass is 16.5. The third kappa shape index (κ3) is 5.25. The van der Waals surface area contributed by atoms with E-state index in [4.69, 9.17) is 26.0 Å². The van der Waals surface area contributed by atoms with Crippen molar-refractivity contribution in [2.75, 3.05) is 52.8 Å². The molecule has 30 heavy (non-hydrogen) atoms. The minimum atomic E-state index is -0.121. The Balaban J connectivity index is 1.92. The summed E-state index contributed by atoms with van der Waals surface area (Å²) in [6.07, 6.45) is 5.99. The van der Waals surface area contributed by atoms with Crippen molar-refractivity contribution in [3.05, 3.63) is 48.0 Å². The van der Waals surface area contributed by atoms with Crippen molar-refractivity contribution >= 4 is 28.4 Å². The molecule has 5 N–H and O–H groups in total. The van der Waals surface area contributed by atoms with Crippen LogP contribution in [-0.2, 0) is 4.74 Å². The highest BCUT2D eigenvalue weighted by Crippen LogP contribution is 2.30. The largest absolute Gasteiger partial charge is 0.489 e. The molecule has 0 aliphatic heterocycles. The summed E-state index contributed by atoms with van der Waals surface area (Å²) in [6, 6.07) is 5.77. The van der Waals surface area contributed by atoms with Gasteiger partial charge in [-0.1, -0.05) is 6.07 Å². The molecule has 2 heterocycles. The van der Waals surface area contributed by atoms with Crippen molar-refractivity contribution < 1.29 is 14.3 Å². The Hall–Kier alpha value is -3.17. The molecule has 0 bridgehead atoms. The van der Waals surface area contributed by atoms with Gasteiger partial charge in [-0.15, -0.1) is 5.10 Å². The summed E-state index contributed by atoms with van der Waals surface area (Å²) in [5.41, 5.74) is 8.39. The van der Waals surface area contributed by atoms with Gasteiger partial charge in [0.2, 0.25) is 0 Å². The normalized spacial score (nSPS) is 16.0. The standard InChI is InChI=1S/C21H30N7O2/c1-28(2,3)10-6-8-24-21-20(18-7-4-5-9-27(18)26-21)25-17-14-19(30-12-11-29)16(23)13-15(17)22/h4-5,7,9,13-14,22,29H,6,8,10-12,23H2,1-3H3,(H,24,26)/q+1. The fourth-order valence-corrected chi connectivity index (χ4v) is 3.05. The number of allylic oxidation sites excluding steroid dienone is 2. The van der Waals surface area contributed by atoms with Crippen molar-refractivity contribution in [1.29, 1.82) is 5.41 Å². The van der Waals surface area contributed by atoms with Gasteiger partial charge in [0.1, 0.15) is 18.1 Å². The number of quaternary nitrogens is 1. The first-order valence-corrected chi connectivity index (χ1v) is 9.91. The molecule has 3 rings (SSSR count). The number of nitrogens with zero attached hydrogens (tertiary/aromatic N) is 4. The van der Waals surface area contributed by atoms with E-state index in [0.717, 1.165) is 29.5 Å². The molecule has 0 atom stereocenters. The lowest BCUT2D eigenvalue weighted by Gasteiger charge is -2.23. The summed E-state index contributed by atoms with van der Waals surface area (Å²) in [6.45, 7) is 1.80. The molecule has 160 valence electrons. The number of pyridine rings is 1. The van der Waals surface area contributed by atoms with Gasteiger partial charge in [-0.2, -0.15) is 0 Å². The SMILES string of the molecule is C[N+](C)(C)CCCNc1nn2ccccc2c1N=C1C=C(OCCO)C(N)=CC1=N. The second-order valence-corrected chi connectivity index (χ2v) is 8.11. The van der Waals surface area contributed by atoms with E-state index in [-0.39, 0.29) is 18.9 Å². The highest BCUT2D eigenvalue weighted by Gasteiger charge is 2.19. The van der Waals surface area contributed by atoms with Crippen LogP contribution in [-0.4, -0.2) is 78.1 Å². The molecule has 0 fully saturated rings. The molecule has 0 saturated carbocycles. The van der Waals surface area contributed by atoms with Crippen LogP contribution >= 0.6 is 0 Å². The molecule has 9 heteroatoms. The number of nitrogens with one attached hydrogen (secondary N) is 2. The van der Waals surface area contributed by atoms with E-state index in [9.17, 15) is 0 Å². The summed E-state index contributed by atoms with van der Waals surface area (Å²) < 4.78 is 8.14. The zero-order valence-electron chi connectivity index (χ0n) is 17.7. The molecule has 0 saturated heterocycles. The molecule has 0 spiro atoms. The Bertz CT molecular complexity index is 1010. The zero-order chi connectivity index (χ0) is 21.7. The van der Waals surface area contributed by atoms with Gasteiger partial charge in [-0.25, -0.2) is 9.51 Å². The number of ether oxygens (including phenoxy) is 1. The van der Waals surface area contributed by atoms with Crippen LogP contribution in [0.2, 0.25) is 0 Å². The lowest BCUT2D eigenvalue weighted by Crippen LogP contribution is -2.36. The van der Waals surface area contributed by atoms with Crippen LogP contribution in [0.4, 0.5) is 11.5 Å². The number of aliphatic imine (C=N–C) groups is 1. The van der Waals surface area contributed by atoms with E-state index >= 15 is 0 Å². The first kappa shape index (κ1) is 21.5. The fourth-order valence-electron chi connectivity index (χ4n) is 3.05. The van der Waals surface area contributed by atoms with E-state index in [1.54, 1.807) is 10.6 Å². The Morgan fingerprint density at radius 3 is 2.83 bits per heavy atom. The van der Waals surface area contributed by atoms with Crippen LogP contribution in [0.15, 0.2) is 53.0 Å². The number of hydrogen-bond acceptors (Lipinski definition) is 7. The minimum absolute atomic E-state index is 0.121. The molecule has 0 amide bonds. The molecular weight excluding hydrogens is 382 g/mol. The number of hydrogen-bond donors (Lipinski definition) is 4. The van der Waals surface area contributed by atoms with E-state index in [1.165, 1.54) is 6.08 Å². The number of aliphatic hydroxyl groups is 1. The van der Waals surface area contributed by atoms with E-state index in [1.807, 2.05) is 24.4 Å². The number of fused-ring (bicyclic) bond motifs is 1. The number of rotatable bonds is 9. The van der Waals surface area contributed by atoms with E-state index < -0.39 is 0 Å². The third-order valence-corrected chi connectivity index (χ3v) is 4.52. The van der Waals surface area contributed by atoms with Gasteiger partial charge < -0.3 is 25.4 Å². The molecule has 0 unspecified atom stereocenters. The predicted octanol–water partition coefficient (Wildman–Crippen LogP) is 1.68. The van der Waals surface area contributed by atoms with E-state index in [2.05, 4.69) is 31.6 Å². The van der Waals surface area contributed by atoms with Crippen molar-refractivity contribution in [3.8, 4) is 0 Å². The number of aromatic nitrogens is 2. The lowest BCUT2D eigenvalue weighted by molar-refractivity contribution is -0.870. The number of aliphatic hydroxyl groups excluding tert-OH is 1. The maximum Gasteiger partial charge on any atom is 0.175 e. The second kappa shape index (κ2) is 9.10. The maximum absolute atomic E-state index is 9.01. The van der Waals surface area contributed by atoms with Crippen LogP contribution in [0.5, 0.6) is 0 Å². The lowest BCUT2D eigenvalue weighted by atomic mass is 10.1. The Kier molecular flexibility index (Phi) is 6.53. The van der Waals surface area contributed by atoms with Gasteiger partial charge in [0.05, 0.1) is 56.9 Å². The maximum atomic E-state index is 9.01. The molecular formula is C21H30N7O2+. The zero-order valence-corrected chi connectivity index (χ0v) is 17.7. The minimum Gasteiger partial charge on any atom is -0.489 e. The van der Waals surface area contributed by atoms with Gasteiger partial charge in [0.25, 0.3) is 0 Å². The summed E-state index contributed by atoms with van der Waals surface area (Å²) in [7, 11) is 6.50. The number of anilines is 1. The van der Waals surface area contributed by atoms with Crippen molar-refractivity contribution in [2.45, 2.75) is 6.42 Å². The molecule has 0 aromatic carbocycles. The summed E-state index contributed by atoms with van der Waals surface area (Å²) in [4.78, 5) is 4.73. The molecule has 9 nitrogen and oxygen atoms in total. The summed E-state index contributed by atoms with van der Waals surface area (Å²) in [5, 5.41) is 25.3. The van der Waals surface area contributed by atoms with Crippen LogP contribution in [0.3, 0.4) is 0 Å². The molecule has 2 aromatic heterocycles. The number of nitrogens with two attached hydrogens (primary N) is 1. The third-order valence-electron chi connectivity index (χ3n) is 4.52. The quantitative estimate of drug-likeness (QED) is 0.284. The van der Waals surface area contributed by atoms with Crippen molar-refractivity contribution in [1.82, 2.24) is 9.61 Å². The first-order chi connectivity index (χ1) is 14.3. The molecule has 1 aliphatic rings. The van der Waals surface area contributed by atoms with Crippen LogP contribution in [0.1, 0.15) is 6.42 Å². The molecule has 1 aliphatic carbocycles. The topological polar surface area (TPSA) is 121 Å². The van der Waals surface area contributed by atoms with Crippen LogP contribution < -0.4 is 11.1 Å². The highest BCUT2D eigenvalue weighted by molar-refractivity contribution is 6.50. The van der Waals surface area contributed by atoms with Gasteiger partial charge >= 0.3 is 0 Å². The van der Waals surface area contributed by atoms with Crippen LogP contribution in [0, 0.1) is 5.41 Å². The second-order valence-electron chi connectivity index (χ2n) is 8.11. The average molecular weight is 413 g/mol. The monoisotopic (exact) mass is 412 g/mol. The van der Waals surface area contributed by atoms with Crippen molar-refractivity contribution in [3.63, 3.8) is 0 Å². The van der Waals surface area contributed by atoms with Gasteiger partial charge in [0.15, 0.2) is 5.82 Å².